The van der Waals surface area contributed by atoms with Crippen molar-refractivity contribution in [3.05, 3.63) is 88.9 Å². The van der Waals surface area contributed by atoms with Gasteiger partial charge >= 0.3 is 0 Å². The summed E-state index contributed by atoms with van der Waals surface area (Å²) in [6.07, 6.45) is 1.98. The first-order chi connectivity index (χ1) is 20.0. The summed E-state index contributed by atoms with van der Waals surface area (Å²) in [7, 11) is -3.91. The topological polar surface area (TPSA) is 105 Å². The molecule has 1 heterocycles. The van der Waals surface area contributed by atoms with Crippen LogP contribution in [0.25, 0.3) is 0 Å². The highest BCUT2D eigenvalue weighted by molar-refractivity contribution is 7.92. The fourth-order valence-electron chi connectivity index (χ4n) is 4.63. The van der Waals surface area contributed by atoms with E-state index in [1.165, 1.54) is 4.90 Å². The van der Waals surface area contributed by atoms with E-state index in [-0.39, 0.29) is 30.6 Å². The van der Waals surface area contributed by atoms with Crippen molar-refractivity contribution in [1.82, 2.24) is 10.2 Å². The van der Waals surface area contributed by atoms with Crippen LogP contribution in [0.15, 0.2) is 72.8 Å². The van der Waals surface area contributed by atoms with Crippen LogP contribution in [-0.4, -0.2) is 63.2 Å². The predicted molar refractivity (Wildman–Crippen MR) is 163 cm³/mol. The lowest BCUT2D eigenvalue weighted by Crippen LogP contribution is -2.54. The van der Waals surface area contributed by atoms with Crippen molar-refractivity contribution >= 4 is 39.1 Å². The number of halogens is 1. The number of benzene rings is 3. The summed E-state index contributed by atoms with van der Waals surface area (Å²) < 4.78 is 38.3. The molecule has 0 spiro atoms. The Balaban J connectivity index is 1.73. The maximum Gasteiger partial charge on any atom is 0.244 e. The lowest BCUT2D eigenvalue weighted by Gasteiger charge is -2.34. The van der Waals surface area contributed by atoms with Gasteiger partial charge in [0, 0.05) is 30.1 Å². The molecule has 11 heteroatoms. The molecule has 3 aromatic carbocycles. The van der Waals surface area contributed by atoms with Crippen molar-refractivity contribution in [2.24, 2.45) is 0 Å². The molecule has 42 heavy (non-hydrogen) atoms. The van der Waals surface area contributed by atoms with E-state index in [9.17, 15) is 18.0 Å². The number of carbonyl (C=O) groups excluding carboxylic acids is 2. The molecule has 1 N–H and O–H groups in total. The van der Waals surface area contributed by atoms with Crippen LogP contribution >= 0.6 is 11.6 Å². The molecule has 0 saturated heterocycles. The van der Waals surface area contributed by atoms with Crippen LogP contribution in [0, 0.1) is 0 Å². The maximum absolute atomic E-state index is 14.2. The van der Waals surface area contributed by atoms with E-state index >= 15 is 0 Å². The largest absolute Gasteiger partial charge is 0.486 e. The van der Waals surface area contributed by atoms with E-state index in [1.54, 1.807) is 36.4 Å². The minimum Gasteiger partial charge on any atom is -0.486 e. The van der Waals surface area contributed by atoms with Gasteiger partial charge in [-0.25, -0.2) is 8.42 Å². The van der Waals surface area contributed by atoms with Crippen molar-refractivity contribution in [2.45, 2.75) is 45.3 Å². The molecule has 1 aliphatic heterocycles. The van der Waals surface area contributed by atoms with Crippen LogP contribution in [0.4, 0.5) is 5.69 Å². The summed E-state index contributed by atoms with van der Waals surface area (Å²) in [6.45, 7) is 4.09. The first-order valence-corrected chi connectivity index (χ1v) is 16.0. The third-order valence-corrected chi connectivity index (χ3v) is 8.38. The van der Waals surface area contributed by atoms with Crippen LogP contribution in [0.2, 0.25) is 5.02 Å². The van der Waals surface area contributed by atoms with E-state index in [4.69, 9.17) is 21.1 Å². The maximum atomic E-state index is 14.2. The van der Waals surface area contributed by atoms with Crippen LogP contribution in [0.3, 0.4) is 0 Å². The number of nitrogens with zero attached hydrogens (tertiary/aromatic N) is 2. The molecule has 0 unspecified atom stereocenters. The van der Waals surface area contributed by atoms with Gasteiger partial charge in [-0.05, 0) is 48.7 Å². The molecule has 0 bridgehead atoms. The molecular formula is C31H36ClN3O6S. The minimum atomic E-state index is -3.91. The number of sulfonamides is 1. The second-order valence-corrected chi connectivity index (χ2v) is 12.6. The van der Waals surface area contributed by atoms with E-state index in [0.29, 0.717) is 41.7 Å². The summed E-state index contributed by atoms with van der Waals surface area (Å²) in [5, 5.41) is 3.49. The van der Waals surface area contributed by atoms with E-state index in [2.05, 4.69) is 5.32 Å². The monoisotopic (exact) mass is 613 g/mol. The smallest absolute Gasteiger partial charge is 0.244 e. The Hall–Kier alpha value is -3.76. The zero-order valence-corrected chi connectivity index (χ0v) is 25.5. The van der Waals surface area contributed by atoms with Crippen molar-refractivity contribution in [3.63, 3.8) is 0 Å². The van der Waals surface area contributed by atoms with E-state index < -0.39 is 28.5 Å². The molecule has 4 rings (SSSR count). The Kier molecular flexibility index (Phi) is 10.3. The Morgan fingerprint density at radius 3 is 2.31 bits per heavy atom. The average Bonchev–Trinajstić information content (AvgIpc) is 2.97. The SMILES string of the molecule is CC[C@@H](C)NC(=O)[C@@H](Cc1ccccc1)N(Cc1cccc(Cl)c1)C(=O)CN(c1ccc2c(c1)OCCO2)S(C)(=O)=O. The molecule has 0 aromatic heterocycles. The van der Waals surface area contributed by atoms with Crippen LogP contribution in [-0.2, 0) is 32.6 Å². The van der Waals surface area contributed by atoms with Gasteiger partial charge in [0.25, 0.3) is 0 Å². The summed E-state index contributed by atoms with van der Waals surface area (Å²) in [5.41, 5.74) is 1.81. The van der Waals surface area contributed by atoms with Crippen molar-refractivity contribution in [1.29, 1.82) is 0 Å². The highest BCUT2D eigenvalue weighted by atomic mass is 35.5. The van der Waals surface area contributed by atoms with Crippen molar-refractivity contribution in [3.8, 4) is 11.5 Å². The lowest BCUT2D eigenvalue weighted by atomic mass is 10.0. The fraction of sp³-hybridized carbons (Fsp3) is 0.355. The Labute approximate surface area is 252 Å². The zero-order chi connectivity index (χ0) is 30.3. The second-order valence-electron chi connectivity index (χ2n) is 10.3. The molecule has 0 aliphatic carbocycles. The first-order valence-electron chi connectivity index (χ1n) is 13.8. The molecule has 1 aliphatic rings. The van der Waals surface area contributed by atoms with Crippen molar-refractivity contribution in [2.75, 3.05) is 30.3 Å². The number of hydrogen-bond donors (Lipinski definition) is 1. The molecule has 0 radical (unpaired) electrons. The number of fused-ring (bicyclic) bond motifs is 1. The number of rotatable bonds is 12. The minimum absolute atomic E-state index is 0.0452. The third kappa shape index (κ3) is 8.17. The third-order valence-electron chi connectivity index (χ3n) is 7.01. The number of ether oxygens (including phenoxy) is 2. The average molecular weight is 614 g/mol. The van der Waals surface area contributed by atoms with Crippen LogP contribution in [0.1, 0.15) is 31.4 Å². The van der Waals surface area contributed by atoms with Gasteiger partial charge in [-0.1, -0.05) is 61.0 Å². The van der Waals surface area contributed by atoms with Gasteiger partial charge in [-0.3, -0.25) is 13.9 Å². The van der Waals surface area contributed by atoms with Crippen LogP contribution < -0.4 is 19.1 Å². The molecular weight excluding hydrogens is 578 g/mol. The van der Waals surface area contributed by atoms with Gasteiger partial charge in [0.15, 0.2) is 11.5 Å². The summed E-state index contributed by atoms with van der Waals surface area (Å²) >= 11 is 6.26. The first kappa shape index (κ1) is 31.2. The van der Waals surface area contributed by atoms with Crippen LogP contribution in [0.5, 0.6) is 11.5 Å². The number of nitrogens with one attached hydrogen (secondary N) is 1. The van der Waals surface area contributed by atoms with Gasteiger partial charge in [-0.15, -0.1) is 0 Å². The lowest BCUT2D eigenvalue weighted by molar-refractivity contribution is -0.140. The second kappa shape index (κ2) is 13.9. The number of amides is 2. The molecule has 224 valence electrons. The van der Waals surface area contributed by atoms with Gasteiger partial charge in [0.1, 0.15) is 25.8 Å². The highest BCUT2D eigenvalue weighted by Gasteiger charge is 2.33. The molecule has 9 nitrogen and oxygen atoms in total. The highest BCUT2D eigenvalue weighted by Crippen LogP contribution is 2.35. The molecule has 2 atom stereocenters. The predicted octanol–water partition coefficient (Wildman–Crippen LogP) is 4.43. The van der Waals surface area contributed by atoms with E-state index in [0.717, 1.165) is 16.1 Å². The fourth-order valence-corrected chi connectivity index (χ4v) is 5.68. The van der Waals surface area contributed by atoms with Crippen molar-refractivity contribution < 1.29 is 27.5 Å². The van der Waals surface area contributed by atoms with E-state index in [1.807, 2.05) is 50.2 Å². The quantitative estimate of drug-likeness (QED) is 0.324. The van der Waals surface area contributed by atoms with Gasteiger partial charge < -0.3 is 19.7 Å². The summed E-state index contributed by atoms with van der Waals surface area (Å²) in [6, 6.07) is 20.1. The van der Waals surface area contributed by atoms with Gasteiger partial charge in [-0.2, -0.15) is 0 Å². The molecule has 0 saturated carbocycles. The Bertz CT molecular complexity index is 1500. The standard InChI is InChI=1S/C31H36ClN3O6S/c1-4-22(2)33-31(37)27(18-23-9-6-5-7-10-23)34(20-24-11-8-12-25(32)17-24)30(36)21-35(42(3,38)39)26-13-14-28-29(19-26)41-16-15-40-28/h5-14,17,19,22,27H,4,15-16,18,20-21H2,1-3H3,(H,33,37)/t22-,27-/m1/s1. The van der Waals surface area contributed by atoms with Gasteiger partial charge in [0.05, 0.1) is 11.9 Å². The van der Waals surface area contributed by atoms with Gasteiger partial charge in [0.2, 0.25) is 21.8 Å². The number of carbonyl (C=O) groups is 2. The Morgan fingerprint density at radius 1 is 0.952 bits per heavy atom. The number of hydrogen-bond acceptors (Lipinski definition) is 6. The number of anilines is 1. The normalized spacial score (nSPS) is 14.0. The molecule has 2 amide bonds. The Morgan fingerprint density at radius 2 is 1.64 bits per heavy atom. The summed E-state index contributed by atoms with van der Waals surface area (Å²) in [5.74, 6) is 0.0202. The summed E-state index contributed by atoms with van der Waals surface area (Å²) in [4.78, 5) is 29.4. The molecule has 0 fully saturated rings. The zero-order valence-electron chi connectivity index (χ0n) is 24.0. The molecule has 3 aromatic rings.